The molecule has 0 unspecified atom stereocenters. The largest absolute Gasteiger partial charge is 0.493 e. The molecule has 0 atom stereocenters. The van der Waals surface area contributed by atoms with Gasteiger partial charge in [-0.2, -0.15) is 5.26 Å². The average Bonchev–Trinajstić information content (AvgIpc) is 2.91. The third kappa shape index (κ3) is 1.97. The first-order valence-corrected chi connectivity index (χ1v) is 6.30. The first-order valence-electron chi connectivity index (χ1n) is 6.30. The summed E-state index contributed by atoms with van der Waals surface area (Å²) < 4.78 is 7.47. The van der Waals surface area contributed by atoms with E-state index in [2.05, 4.69) is 16.3 Å². The van der Waals surface area contributed by atoms with Crippen LogP contribution in [0.5, 0.6) is 5.75 Å². The van der Waals surface area contributed by atoms with Crippen molar-refractivity contribution in [1.82, 2.24) is 14.6 Å². The molecule has 3 aromatic rings. The van der Waals surface area contributed by atoms with Crippen LogP contribution in [0.4, 0.5) is 0 Å². The van der Waals surface area contributed by atoms with E-state index < -0.39 is 0 Å². The van der Waals surface area contributed by atoms with Crippen LogP contribution in [0.25, 0.3) is 17.0 Å². The number of fused-ring (bicyclic) bond motifs is 1. The van der Waals surface area contributed by atoms with Gasteiger partial charge in [0, 0.05) is 12.3 Å². The van der Waals surface area contributed by atoms with Crippen LogP contribution in [0.15, 0.2) is 42.6 Å². The van der Waals surface area contributed by atoms with Crippen molar-refractivity contribution in [2.75, 3.05) is 6.61 Å². The van der Waals surface area contributed by atoms with Crippen LogP contribution in [0.1, 0.15) is 12.5 Å². The number of benzene rings is 1. The summed E-state index contributed by atoms with van der Waals surface area (Å²) >= 11 is 0. The van der Waals surface area contributed by atoms with Crippen molar-refractivity contribution < 1.29 is 4.74 Å². The maximum Gasteiger partial charge on any atom is 0.172 e. The summed E-state index contributed by atoms with van der Waals surface area (Å²) in [6.45, 7) is 2.53. The highest BCUT2D eigenvalue weighted by molar-refractivity contribution is 5.67. The molecule has 0 fully saturated rings. The van der Waals surface area contributed by atoms with Gasteiger partial charge >= 0.3 is 0 Å². The smallest absolute Gasteiger partial charge is 0.172 e. The lowest BCUT2D eigenvalue weighted by atomic mass is 10.2. The van der Waals surface area contributed by atoms with Crippen LogP contribution in [0.2, 0.25) is 0 Å². The zero-order valence-electron chi connectivity index (χ0n) is 10.9. The fraction of sp³-hybridized carbons (Fsp3) is 0.133. The van der Waals surface area contributed by atoms with Gasteiger partial charge in [-0.1, -0.05) is 12.1 Å². The lowest BCUT2D eigenvalue weighted by molar-refractivity contribution is 0.341. The summed E-state index contributed by atoms with van der Waals surface area (Å²) in [5, 5.41) is 17.2. The Morgan fingerprint density at radius 1 is 1.25 bits per heavy atom. The van der Waals surface area contributed by atoms with Gasteiger partial charge in [0.15, 0.2) is 11.5 Å². The number of pyridine rings is 1. The molecule has 3 rings (SSSR count). The van der Waals surface area contributed by atoms with Crippen molar-refractivity contribution >= 4 is 5.65 Å². The van der Waals surface area contributed by atoms with Crippen LogP contribution in [-0.4, -0.2) is 21.2 Å². The van der Waals surface area contributed by atoms with E-state index in [-0.39, 0.29) is 0 Å². The number of para-hydroxylation sites is 1. The second-order valence-corrected chi connectivity index (χ2v) is 4.21. The second-order valence-electron chi connectivity index (χ2n) is 4.21. The number of hydrogen-bond donors (Lipinski definition) is 0. The zero-order chi connectivity index (χ0) is 13.9. The molecule has 0 aliphatic carbocycles. The van der Waals surface area contributed by atoms with Gasteiger partial charge in [0.05, 0.1) is 23.8 Å². The summed E-state index contributed by atoms with van der Waals surface area (Å²) in [4.78, 5) is 0. The predicted molar refractivity (Wildman–Crippen MR) is 74.3 cm³/mol. The van der Waals surface area contributed by atoms with E-state index in [1.807, 2.05) is 35.6 Å². The minimum absolute atomic E-state index is 0.564. The van der Waals surface area contributed by atoms with E-state index in [0.717, 1.165) is 11.3 Å². The first-order chi connectivity index (χ1) is 9.83. The van der Waals surface area contributed by atoms with Gasteiger partial charge in [0.1, 0.15) is 5.75 Å². The summed E-state index contributed by atoms with van der Waals surface area (Å²) in [6, 6.07) is 13.2. The Hall–Kier alpha value is -2.87. The number of rotatable bonds is 3. The number of hydrogen-bond acceptors (Lipinski definition) is 4. The standard InChI is InChI=1S/C15H12N4O/c1-2-20-13-6-4-3-5-12(13)15-18-17-14-9-11(10-16)7-8-19(14)15/h3-9H,2H2,1H3. The molecule has 0 aliphatic heterocycles. The molecular weight excluding hydrogens is 252 g/mol. The van der Waals surface area contributed by atoms with Crippen molar-refractivity contribution in [2.24, 2.45) is 0 Å². The quantitative estimate of drug-likeness (QED) is 0.729. The van der Waals surface area contributed by atoms with Gasteiger partial charge in [-0.15, -0.1) is 10.2 Å². The van der Waals surface area contributed by atoms with E-state index in [1.165, 1.54) is 0 Å². The Balaban J connectivity index is 2.18. The average molecular weight is 264 g/mol. The van der Waals surface area contributed by atoms with Gasteiger partial charge in [-0.25, -0.2) is 0 Å². The van der Waals surface area contributed by atoms with Crippen LogP contribution >= 0.6 is 0 Å². The van der Waals surface area contributed by atoms with E-state index in [4.69, 9.17) is 10.00 Å². The number of aromatic nitrogens is 3. The van der Waals surface area contributed by atoms with E-state index in [1.54, 1.807) is 18.3 Å². The maximum absolute atomic E-state index is 8.91. The number of nitriles is 1. The van der Waals surface area contributed by atoms with Crippen LogP contribution in [0, 0.1) is 11.3 Å². The molecule has 0 N–H and O–H groups in total. The number of nitrogens with zero attached hydrogens (tertiary/aromatic N) is 4. The van der Waals surface area contributed by atoms with Crippen LogP contribution < -0.4 is 4.74 Å². The van der Waals surface area contributed by atoms with Gasteiger partial charge in [-0.3, -0.25) is 4.40 Å². The Labute approximate surface area is 116 Å². The van der Waals surface area contributed by atoms with Crippen molar-refractivity contribution in [3.05, 3.63) is 48.2 Å². The molecular formula is C15H12N4O. The van der Waals surface area contributed by atoms with Crippen molar-refractivity contribution in [1.29, 1.82) is 5.26 Å². The summed E-state index contributed by atoms with van der Waals surface area (Å²) in [5.74, 6) is 1.47. The molecule has 0 amide bonds. The Morgan fingerprint density at radius 2 is 2.10 bits per heavy atom. The minimum atomic E-state index is 0.564. The molecule has 2 heterocycles. The molecule has 2 aromatic heterocycles. The molecule has 0 radical (unpaired) electrons. The Morgan fingerprint density at radius 3 is 2.90 bits per heavy atom. The normalized spacial score (nSPS) is 10.4. The molecule has 0 spiro atoms. The third-order valence-electron chi connectivity index (χ3n) is 2.97. The second kappa shape index (κ2) is 5.02. The predicted octanol–water partition coefficient (Wildman–Crippen LogP) is 2.67. The summed E-state index contributed by atoms with van der Waals surface area (Å²) in [5.41, 5.74) is 2.09. The highest BCUT2D eigenvalue weighted by atomic mass is 16.5. The minimum Gasteiger partial charge on any atom is -0.493 e. The SMILES string of the molecule is CCOc1ccccc1-c1nnc2cc(C#N)ccn12. The van der Waals surface area contributed by atoms with Crippen molar-refractivity contribution in [3.8, 4) is 23.2 Å². The summed E-state index contributed by atoms with van der Waals surface area (Å²) in [7, 11) is 0. The maximum atomic E-state index is 8.91. The topological polar surface area (TPSA) is 63.2 Å². The molecule has 1 aromatic carbocycles. The highest BCUT2D eigenvalue weighted by Gasteiger charge is 2.12. The molecule has 0 saturated heterocycles. The van der Waals surface area contributed by atoms with Crippen LogP contribution in [-0.2, 0) is 0 Å². The zero-order valence-corrected chi connectivity index (χ0v) is 10.9. The van der Waals surface area contributed by atoms with E-state index in [9.17, 15) is 0 Å². The number of ether oxygens (including phenoxy) is 1. The molecule has 0 saturated carbocycles. The van der Waals surface area contributed by atoms with Gasteiger partial charge < -0.3 is 4.74 Å². The third-order valence-corrected chi connectivity index (χ3v) is 2.97. The molecule has 0 bridgehead atoms. The van der Waals surface area contributed by atoms with Crippen LogP contribution in [0.3, 0.4) is 0 Å². The first kappa shape index (κ1) is 12.2. The lowest BCUT2D eigenvalue weighted by Crippen LogP contribution is -1.96. The lowest BCUT2D eigenvalue weighted by Gasteiger charge is -2.08. The molecule has 0 aliphatic rings. The van der Waals surface area contributed by atoms with E-state index in [0.29, 0.717) is 23.6 Å². The molecule has 20 heavy (non-hydrogen) atoms. The highest BCUT2D eigenvalue weighted by Crippen LogP contribution is 2.28. The molecule has 98 valence electrons. The fourth-order valence-corrected chi connectivity index (χ4v) is 2.08. The van der Waals surface area contributed by atoms with Gasteiger partial charge in [-0.05, 0) is 25.1 Å². The van der Waals surface area contributed by atoms with Gasteiger partial charge in [0.2, 0.25) is 0 Å². The molecule has 5 nitrogen and oxygen atoms in total. The van der Waals surface area contributed by atoms with Crippen molar-refractivity contribution in [2.45, 2.75) is 6.92 Å². The molecule has 5 heteroatoms. The Kier molecular flexibility index (Phi) is 3.05. The van der Waals surface area contributed by atoms with E-state index >= 15 is 0 Å². The summed E-state index contributed by atoms with van der Waals surface area (Å²) in [6.07, 6.45) is 1.80. The monoisotopic (exact) mass is 264 g/mol. The fourth-order valence-electron chi connectivity index (χ4n) is 2.08. The van der Waals surface area contributed by atoms with Crippen molar-refractivity contribution in [3.63, 3.8) is 0 Å². The van der Waals surface area contributed by atoms with Gasteiger partial charge in [0.25, 0.3) is 0 Å². The Bertz CT molecular complexity index is 801.